The van der Waals surface area contributed by atoms with Gasteiger partial charge in [0.25, 0.3) is 0 Å². The van der Waals surface area contributed by atoms with E-state index in [9.17, 15) is 4.79 Å². The van der Waals surface area contributed by atoms with Crippen LogP contribution in [0, 0.1) is 25.2 Å². The van der Waals surface area contributed by atoms with E-state index in [2.05, 4.69) is 27.9 Å². The summed E-state index contributed by atoms with van der Waals surface area (Å²) in [6.07, 6.45) is 5.44. The van der Waals surface area contributed by atoms with Crippen LogP contribution in [0.1, 0.15) is 35.7 Å². The number of nitrogens with one attached hydrogen (secondary N) is 2. The molecule has 2 atom stereocenters. The molecule has 0 aliphatic heterocycles. The number of aromatic nitrogens is 2. The number of rotatable bonds is 5. The molecule has 0 bridgehead atoms. The van der Waals surface area contributed by atoms with Crippen LogP contribution in [0.2, 0.25) is 0 Å². The second-order valence-corrected chi connectivity index (χ2v) is 6.51. The Bertz CT molecular complexity index is 847. The highest BCUT2D eigenvalue weighted by Gasteiger charge is 2.26. The van der Waals surface area contributed by atoms with Gasteiger partial charge in [-0.25, -0.2) is 4.79 Å². The maximum atomic E-state index is 12.2. The predicted molar refractivity (Wildman–Crippen MR) is 101 cm³/mol. The number of amides is 2. The molecule has 1 heterocycles. The summed E-state index contributed by atoms with van der Waals surface area (Å²) in [6.45, 7) is 4.66. The van der Waals surface area contributed by atoms with Gasteiger partial charge in [-0.15, -0.1) is 0 Å². The molecule has 134 valence electrons. The number of aryl methyl sites for hydroxylation is 2. The van der Waals surface area contributed by atoms with Crippen LogP contribution < -0.4 is 10.6 Å². The lowest BCUT2D eigenvalue weighted by Gasteiger charge is -2.15. The molecule has 3 rings (SSSR count). The topological polar surface area (TPSA) is 82.7 Å². The smallest absolute Gasteiger partial charge is 0.319 e. The maximum Gasteiger partial charge on any atom is 0.319 e. The Balaban J connectivity index is 1.61. The zero-order valence-electron chi connectivity index (χ0n) is 15.1. The number of hydrogen-bond donors (Lipinski definition) is 2. The molecule has 6 nitrogen and oxygen atoms in total. The third-order valence-electron chi connectivity index (χ3n) is 4.68. The molecule has 6 heteroatoms. The standard InChI is InChI=1S/C20H23N5O/c1-14-19(15(2)25(24-14)12-6-11-21)16-9-10-18(13-16)23-20(26)22-17-7-4-3-5-8-17/h3-5,7-10,16,18H,6,12-13H2,1-2H3,(H2,22,23,26)/t16-,18+/m0/s1. The lowest BCUT2D eigenvalue weighted by molar-refractivity contribution is 0.250. The second kappa shape index (κ2) is 7.87. The van der Waals surface area contributed by atoms with Crippen molar-refractivity contribution >= 4 is 11.7 Å². The van der Waals surface area contributed by atoms with E-state index in [4.69, 9.17) is 5.26 Å². The monoisotopic (exact) mass is 349 g/mol. The van der Waals surface area contributed by atoms with Gasteiger partial charge in [0, 0.05) is 28.9 Å². The summed E-state index contributed by atoms with van der Waals surface area (Å²) in [5.74, 6) is 0.230. The number of benzene rings is 1. The van der Waals surface area contributed by atoms with Crippen LogP contribution in [0.3, 0.4) is 0 Å². The van der Waals surface area contributed by atoms with E-state index in [1.807, 2.05) is 54.9 Å². The molecule has 2 N–H and O–H groups in total. The van der Waals surface area contributed by atoms with Crippen molar-refractivity contribution in [1.29, 1.82) is 5.26 Å². The molecule has 1 aromatic heterocycles. The van der Waals surface area contributed by atoms with Gasteiger partial charge in [-0.2, -0.15) is 10.4 Å². The van der Waals surface area contributed by atoms with E-state index in [0.717, 1.165) is 23.5 Å². The molecule has 0 saturated heterocycles. The van der Waals surface area contributed by atoms with Gasteiger partial charge in [-0.1, -0.05) is 30.4 Å². The van der Waals surface area contributed by atoms with Crippen molar-refractivity contribution in [2.45, 2.75) is 45.2 Å². The summed E-state index contributed by atoms with van der Waals surface area (Å²) in [5.41, 5.74) is 4.06. The number of nitriles is 1. The van der Waals surface area contributed by atoms with E-state index in [0.29, 0.717) is 13.0 Å². The van der Waals surface area contributed by atoms with E-state index in [1.165, 1.54) is 5.56 Å². The van der Waals surface area contributed by atoms with E-state index < -0.39 is 0 Å². The predicted octanol–water partition coefficient (Wildman–Crippen LogP) is 3.65. The van der Waals surface area contributed by atoms with Crippen LogP contribution in [-0.4, -0.2) is 21.9 Å². The third-order valence-corrected chi connectivity index (χ3v) is 4.68. The van der Waals surface area contributed by atoms with Crippen LogP contribution in [0.5, 0.6) is 0 Å². The Hall–Kier alpha value is -3.07. The van der Waals surface area contributed by atoms with Gasteiger partial charge >= 0.3 is 6.03 Å². The Morgan fingerprint density at radius 1 is 1.31 bits per heavy atom. The molecule has 0 fully saturated rings. The molecule has 2 amide bonds. The quantitative estimate of drug-likeness (QED) is 0.808. The van der Waals surface area contributed by atoms with Gasteiger partial charge in [0.05, 0.1) is 24.7 Å². The number of nitrogens with zero attached hydrogens (tertiary/aromatic N) is 3. The summed E-state index contributed by atoms with van der Waals surface area (Å²) in [4.78, 5) is 12.2. The van der Waals surface area contributed by atoms with Gasteiger partial charge in [-0.05, 0) is 32.4 Å². The molecule has 26 heavy (non-hydrogen) atoms. The minimum atomic E-state index is -0.204. The number of carbonyl (C=O) groups excluding carboxylic acids is 1. The van der Waals surface area contributed by atoms with Crippen molar-refractivity contribution in [2.75, 3.05) is 5.32 Å². The van der Waals surface area contributed by atoms with Crippen molar-refractivity contribution in [1.82, 2.24) is 15.1 Å². The molecular formula is C20H23N5O. The van der Waals surface area contributed by atoms with Gasteiger partial charge in [0.1, 0.15) is 0 Å². The summed E-state index contributed by atoms with van der Waals surface area (Å²) in [6, 6.07) is 11.3. The zero-order chi connectivity index (χ0) is 18.5. The SMILES string of the molecule is Cc1nn(CCC#N)c(C)c1[C@H]1C=C[C@@H](NC(=O)Nc2ccccc2)C1. The first-order valence-corrected chi connectivity index (χ1v) is 8.80. The number of para-hydroxylation sites is 1. The van der Waals surface area contributed by atoms with Crippen molar-refractivity contribution < 1.29 is 4.79 Å². The Morgan fingerprint density at radius 2 is 2.08 bits per heavy atom. The summed E-state index contributed by atoms with van der Waals surface area (Å²) in [7, 11) is 0. The molecular weight excluding hydrogens is 326 g/mol. The summed E-state index contributed by atoms with van der Waals surface area (Å²) in [5, 5.41) is 19.2. The summed E-state index contributed by atoms with van der Waals surface area (Å²) < 4.78 is 1.91. The van der Waals surface area contributed by atoms with Crippen LogP contribution in [0.4, 0.5) is 10.5 Å². The van der Waals surface area contributed by atoms with Crippen LogP contribution in [-0.2, 0) is 6.54 Å². The third kappa shape index (κ3) is 3.94. The Morgan fingerprint density at radius 3 is 2.81 bits per heavy atom. The van der Waals surface area contributed by atoms with Gasteiger partial charge in [0.15, 0.2) is 0 Å². The average molecular weight is 349 g/mol. The van der Waals surface area contributed by atoms with Gasteiger partial charge in [-0.3, -0.25) is 4.68 Å². The Labute approximate surface area is 153 Å². The number of allylic oxidation sites excluding steroid dienone is 1. The first-order chi connectivity index (χ1) is 12.6. The van der Waals surface area contributed by atoms with E-state index >= 15 is 0 Å². The summed E-state index contributed by atoms with van der Waals surface area (Å²) >= 11 is 0. The van der Waals surface area contributed by atoms with E-state index in [-0.39, 0.29) is 18.0 Å². The van der Waals surface area contributed by atoms with Crippen molar-refractivity contribution in [3.05, 3.63) is 59.4 Å². The highest BCUT2D eigenvalue weighted by atomic mass is 16.2. The second-order valence-electron chi connectivity index (χ2n) is 6.51. The molecule has 2 aromatic rings. The minimum Gasteiger partial charge on any atom is -0.332 e. The van der Waals surface area contributed by atoms with Crippen LogP contribution in [0.25, 0.3) is 0 Å². The number of urea groups is 1. The lowest BCUT2D eigenvalue weighted by Crippen LogP contribution is -2.36. The first-order valence-electron chi connectivity index (χ1n) is 8.80. The van der Waals surface area contributed by atoms with Gasteiger partial charge < -0.3 is 10.6 Å². The fraction of sp³-hybridized carbons (Fsp3) is 0.350. The minimum absolute atomic E-state index is 0.00929. The largest absolute Gasteiger partial charge is 0.332 e. The van der Waals surface area contributed by atoms with Crippen LogP contribution >= 0.6 is 0 Å². The first kappa shape index (κ1) is 17.7. The highest BCUT2D eigenvalue weighted by molar-refractivity contribution is 5.89. The highest BCUT2D eigenvalue weighted by Crippen LogP contribution is 2.33. The van der Waals surface area contributed by atoms with Gasteiger partial charge in [0.2, 0.25) is 0 Å². The fourth-order valence-corrected chi connectivity index (χ4v) is 3.50. The normalized spacial score (nSPS) is 18.5. The van der Waals surface area contributed by atoms with Crippen molar-refractivity contribution in [3.63, 3.8) is 0 Å². The molecule has 0 radical (unpaired) electrons. The fourth-order valence-electron chi connectivity index (χ4n) is 3.50. The number of carbonyl (C=O) groups is 1. The molecule has 0 unspecified atom stereocenters. The van der Waals surface area contributed by atoms with E-state index in [1.54, 1.807) is 0 Å². The lowest BCUT2D eigenvalue weighted by atomic mass is 9.96. The molecule has 0 saturated carbocycles. The maximum absolute atomic E-state index is 12.2. The molecule has 1 aliphatic rings. The number of anilines is 1. The molecule has 1 aliphatic carbocycles. The zero-order valence-corrected chi connectivity index (χ0v) is 15.1. The van der Waals surface area contributed by atoms with Crippen LogP contribution in [0.15, 0.2) is 42.5 Å². The van der Waals surface area contributed by atoms with Crippen molar-refractivity contribution in [2.24, 2.45) is 0 Å². The molecule has 0 spiro atoms. The molecule has 1 aromatic carbocycles. The number of hydrogen-bond acceptors (Lipinski definition) is 3. The average Bonchev–Trinajstić information content (AvgIpc) is 3.17. The van der Waals surface area contributed by atoms with Crippen molar-refractivity contribution in [3.8, 4) is 6.07 Å². The Kier molecular flexibility index (Phi) is 5.37.